The van der Waals surface area contributed by atoms with Crippen molar-refractivity contribution in [2.75, 3.05) is 14.2 Å². The normalized spacial score (nSPS) is 19.4. The van der Waals surface area contributed by atoms with Crippen LogP contribution in [0.25, 0.3) is 0 Å². The molecule has 0 unspecified atom stereocenters. The zero-order valence-electron chi connectivity index (χ0n) is 25.0. The number of hydrogen-bond acceptors (Lipinski definition) is 6. The van der Waals surface area contributed by atoms with Crippen LogP contribution in [-0.4, -0.2) is 50.3 Å². The average Bonchev–Trinajstić information content (AvgIpc) is 2.88. The monoisotopic (exact) mass is 576 g/mol. The predicted octanol–water partition coefficient (Wildman–Crippen LogP) is 5.63. The lowest BCUT2D eigenvalue weighted by Gasteiger charge is -2.29. The second kappa shape index (κ2) is 17.6. The third-order valence-electron chi connectivity index (χ3n) is 6.20. The minimum Gasteiger partial charge on any atom is -0.490 e. The van der Waals surface area contributed by atoms with E-state index in [0.29, 0.717) is 24.3 Å². The highest BCUT2D eigenvalue weighted by atomic mass is 35.5. The number of nitrogens with one attached hydrogen (secondary N) is 2. The highest BCUT2D eigenvalue weighted by molar-refractivity contribution is 6.29. The van der Waals surface area contributed by atoms with Crippen LogP contribution >= 0.6 is 11.6 Å². The van der Waals surface area contributed by atoms with Crippen LogP contribution in [0.15, 0.2) is 71.2 Å². The maximum absolute atomic E-state index is 12.8. The van der Waals surface area contributed by atoms with Crippen LogP contribution in [0, 0.1) is 11.3 Å². The summed E-state index contributed by atoms with van der Waals surface area (Å²) in [6, 6.07) is -0.744. The standard InChI is InChI=1S/C31H45ClN2O6/c1-21(20-22(2)25-17-18-26(39-8)30(37)40-25)12-9-10-14-27(35)34-28(31(4,5)6)29(36)33-19-11-13-24(38-7)16-15-23(3)32/h9-12,14-15,18-20,22,24-25,28H,13,16-17H2,1-8H3,(H,33,36)(H,34,35)/b12-9-,14-10+,19-11-,21-20+,23-15+/t22-,24+,25-,28+/m0/s1. The topological polar surface area (TPSA) is 103 Å². The van der Waals surface area contributed by atoms with Crippen molar-refractivity contribution in [2.24, 2.45) is 11.3 Å². The lowest BCUT2D eigenvalue weighted by Crippen LogP contribution is -2.52. The van der Waals surface area contributed by atoms with Gasteiger partial charge in [0, 0.05) is 30.6 Å². The van der Waals surface area contributed by atoms with Crippen LogP contribution in [0.3, 0.4) is 0 Å². The van der Waals surface area contributed by atoms with Gasteiger partial charge in [-0.05, 0) is 44.4 Å². The second-order valence-electron chi connectivity index (χ2n) is 10.8. The molecule has 1 heterocycles. The molecule has 1 rings (SSSR count). The molecule has 0 aliphatic carbocycles. The molecule has 40 heavy (non-hydrogen) atoms. The number of esters is 1. The summed E-state index contributed by atoms with van der Waals surface area (Å²) in [5.74, 6) is -0.906. The van der Waals surface area contributed by atoms with Gasteiger partial charge in [0.05, 0.1) is 13.2 Å². The molecule has 8 nitrogen and oxygen atoms in total. The van der Waals surface area contributed by atoms with Crippen LogP contribution in [0.2, 0.25) is 0 Å². The molecular formula is C31H45ClN2O6. The van der Waals surface area contributed by atoms with Crippen LogP contribution in [0.1, 0.15) is 60.8 Å². The largest absolute Gasteiger partial charge is 0.490 e. The van der Waals surface area contributed by atoms with Gasteiger partial charge in [-0.25, -0.2) is 4.79 Å². The van der Waals surface area contributed by atoms with Crippen molar-refractivity contribution in [3.05, 3.63) is 71.2 Å². The second-order valence-corrected chi connectivity index (χ2v) is 11.4. The van der Waals surface area contributed by atoms with Gasteiger partial charge in [0.15, 0.2) is 5.76 Å². The maximum atomic E-state index is 12.8. The molecule has 0 saturated carbocycles. The number of halogens is 1. The quantitative estimate of drug-likeness (QED) is 0.158. The van der Waals surface area contributed by atoms with E-state index in [2.05, 4.69) is 10.6 Å². The van der Waals surface area contributed by atoms with Crippen LogP contribution in [0.5, 0.6) is 0 Å². The van der Waals surface area contributed by atoms with Gasteiger partial charge in [-0.2, -0.15) is 0 Å². The highest BCUT2D eigenvalue weighted by Gasteiger charge is 2.32. The molecule has 0 spiro atoms. The maximum Gasteiger partial charge on any atom is 0.373 e. The SMILES string of the molecule is COC1=CC[C@@H]([C@@H](C)/C=C(C)/C=C\C=C\C(=O)N[C@H](C(=O)N/C=C\C[C@H](C/C=C(\C)Cl)OC)C(C)(C)C)OC1=O. The first-order chi connectivity index (χ1) is 18.8. The Morgan fingerprint density at radius 3 is 2.42 bits per heavy atom. The minimum absolute atomic E-state index is 0.00250. The molecule has 0 aromatic heterocycles. The van der Waals surface area contributed by atoms with E-state index in [-0.39, 0.29) is 35.7 Å². The number of methoxy groups -OCH3 is 2. The lowest BCUT2D eigenvalue weighted by molar-refractivity contribution is -0.151. The summed E-state index contributed by atoms with van der Waals surface area (Å²) in [7, 11) is 3.07. The van der Waals surface area contributed by atoms with E-state index in [1.807, 2.05) is 65.8 Å². The summed E-state index contributed by atoms with van der Waals surface area (Å²) < 4.78 is 15.8. The van der Waals surface area contributed by atoms with Gasteiger partial charge >= 0.3 is 5.97 Å². The molecule has 2 N–H and O–H groups in total. The minimum atomic E-state index is -0.744. The van der Waals surface area contributed by atoms with Crippen molar-refractivity contribution in [1.82, 2.24) is 10.6 Å². The molecular weight excluding hydrogens is 532 g/mol. The van der Waals surface area contributed by atoms with E-state index < -0.39 is 17.4 Å². The summed E-state index contributed by atoms with van der Waals surface area (Å²) in [5.41, 5.74) is 0.449. The van der Waals surface area contributed by atoms with Crippen molar-refractivity contribution in [3.63, 3.8) is 0 Å². The van der Waals surface area contributed by atoms with Crippen molar-refractivity contribution in [3.8, 4) is 0 Å². The third kappa shape index (κ3) is 13.3. The van der Waals surface area contributed by atoms with Gasteiger partial charge < -0.3 is 24.8 Å². The molecule has 0 aromatic rings. The molecule has 0 aromatic carbocycles. The first-order valence-electron chi connectivity index (χ1n) is 13.4. The molecule has 222 valence electrons. The summed E-state index contributed by atoms with van der Waals surface area (Å²) >= 11 is 5.88. The molecule has 0 fully saturated rings. The number of cyclic esters (lactones) is 1. The first kappa shape index (κ1) is 34.9. The Bertz CT molecular complexity index is 1040. The Hall–Kier alpha value is -3.10. The zero-order chi connectivity index (χ0) is 30.3. The van der Waals surface area contributed by atoms with Gasteiger partial charge in [-0.15, -0.1) is 0 Å². The summed E-state index contributed by atoms with van der Waals surface area (Å²) in [5, 5.41) is 6.26. The predicted molar refractivity (Wildman–Crippen MR) is 159 cm³/mol. The van der Waals surface area contributed by atoms with E-state index in [4.69, 9.17) is 25.8 Å². The fourth-order valence-corrected chi connectivity index (χ4v) is 3.95. The van der Waals surface area contributed by atoms with Gasteiger partial charge in [-0.3, -0.25) is 9.59 Å². The number of rotatable bonds is 14. The van der Waals surface area contributed by atoms with Crippen LogP contribution in [-0.2, 0) is 28.6 Å². The summed E-state index contributed by atoms with van der Waals surface area (Å²) in [6.07, 6.45) is 17.2. The number of hydrogen-bond donors (Lipinski definition) is 2. The number of ether oxygens (including phenoxy) is 3. The van der Waals surface area contributed by atoms with Gasteiger partial charge in [-0.1, -0.05) is 81.3 Å². The Balaban J connectivity index is 2.66. The Morgan fingerprint density at radius 1 is 1.18 bits per heavy atom. The van der Waals surface area contributed by atoms with E-state index in [1.165, 1.54) is 13.2 Å². The van der Waals surface area contributed by atoms with Crippen molar-refractivity contribution < 1.29 is 28.6 Å². The molecule has 9 heteroatoms. The molecule has 1 aliphatic heterocycles. The van der Waals surface area contributed by atoms with E-state index >= 15 is 0 Å². The highest BCUT2D eigenvalue weighted by Crippen LogP contribution is 2.23. The fraction of sp³-hybridized carbons (Fsp3) is 0.516. The number of amides is 2. The summed E-state index contributed by atoms with van der Waals surface area (Å²) in [6.45, 7) is 11.4. The average molecular weight is 577 g/mol. The van der Waals surface area contributed by atoms with Crippen molar-refractivity contribution >= 4 is 29.4 Å². The van der Waals surface area contributed by atoms with Crippen molar-refractivity contribution in [1.29, 1.82) is 0 Å². The smallest absolute Gasteiger partial charge is 0.373 e. The van der Waals surface area contributed by atoms with Crippen LogP contribution in [0.4, 0.5) is 0 Å². The van der Waals surface area contributed by atoms with Crippen molar-refractivity contribution in [2.45, 2.75) is 79.1 Å². The Kier molecular flexibility index (Phi) is 15.3. The number of allylic oxidation sites excluding steroid dienone is 5. The van der Waals surface area contributed by atoms with E-state index in [9.17, 15) is 14.4 Å². The lowest BCUT2D eigenvalue weighted by atomic mass is 9.86. The van der Waals surface area contributed by atoms with Gasteiger partial charge in [0.1, 0.15) is 12.1 Å². The molecule has 0 saturated heterocycles. The Labute approximate surface area is 244 Å². The molecule has 4 atom stereocenters. The van der Waals surface area contributed by atoms with Crippen LogP contribution < -0.4 is 10.6 Å². The molecule has 2 amide bonds. The number of carbonyl (C=O) groups excluding carboxylic acids is 3. The molecule has 0 radical (unpaired) electrons. The zero-order valence-corrected chi connectivity index (χ0v) is 25.7. The van der Waals surface area contributed by atoms with Gasteiger partial charge in [0.25, 0.3) is 0 Å². The van der Waals surface area contributed by atoms with E-state index in [0.717, 1.165) is 5.57 Å². The Morgan fingerprint density at radius 2 is 1.85 bits per heavy atom. The fourth-order valence-electron chi connectivity index (χ4n) is 3.86. The van der Waals surface area contributed by atoms with E-state index in [1.54, 1.807) is 31.5 Å². The first-order valence-corrected chi connectivity index (χ1v) is 13.8. The summed E-state index contributed by atoms with van der Waals surface area (Å²) in [4.78, 5) is 37.3. The number of carbonyl (C=O) groups is 3. The third-order valence-corrected chi connectivity index (χ3v) is 6.35. The molecule has 1 aliphatic rings. The van der Waals surface area contributed by atoms with Gasteiger partial charge in [0.2, 0.25) is 11.8 Å². The molecule has 0 bridgehead atoms.